The molecule has 0 bridgehead atoms. The molecule has 0 aliphatic carbocycles. The van der Waals surface area contributed by atoms with E-state index in [0.717, 1.165) is 43.1 Å². The van der Waals surface area contributed by atoms with Crippen molar-refractivity contribution in [1.29, 1.82) is 0 Å². The number of methoxy groups -OCH3 is 2. The second-order valence-corrected chi connectivity index (χ2v) is 8.30. The normalized spacial score (nSPS) is 15.6. The fraction of sp³-hybridized carbons (Fsp3) is 0.520. The number of ether oxygens (including phenoxy) is 3. The second-order valence-electron chi connectivity index (χ2n) is 8.30. The molecule has 0 radical (unpaired) electrons. The minimum Gasteiger partial charge on any atom is -0.496 e. The summed E-state index contributed by atoms with van der Waals surface area (Å²) in [6, 6.07) is 14.1. The lowest BCUT2D eigenvalue weighted by Crippen LogP contribution is -2.38. The summed E-state index contributed by atoms with van der Waals surface area (Å²) in [5, 5.41) is 10.4. The lowest BCUT2D eigenvalue weighted by molar-refractivity contribution is 0.0608. The lowest BCUT2D eigenvalue weighted by Gasteiger charge is -2.28. The zero-order valence-corrected chi connectivity index (χ0v) is 19.0. The standard InChI is InChI=1S/C25H36N2O4/c1-26(17-21-9-5-6-10-23(21)29-2)16-20-11-12-24(30-3)25(15-20)31-19-22(28)18-27-13-7-4-8-14-27/h5-6,9-12,15,22,28H,4,7-8,13-14,16-19H2,1-3H3/t22-/m1/s1. The maximum Gasteiger partial charge on any atom is 0.161 e. The second kappa shape index (κ2) is 11.9. The molecular weight excluding hydrogens is 392 g/mol. The van der Waals surface area contributed by atoms with Gasteiger partial charge in [-0.2, -0.15) is 0 Å². The summed E-state index contributed by atoms with van der Waals surface area (Å²) in [4.78, 5) is 4.55. The van der Waals surface area contributed by atoms with Gasteiger partial charge in [-0.25, -0.2) is 0 Å². The average Bonchev–Trinajstić information content (AvgIpc) is 2.79. The molecule has 6 nitrogen and oxygen atoms in total. The molecule has 1 heterocycles. The van der Waals surface area contributed by atoms with Gasteiger partial charge in [-0.3, -0.25) is 4.90 Å². The number of para-hydroxylation sites is 1. The van der Waals surface area contributed by atoms with E-state index in [-0.39, 0.29) is 6.61 Å². The molecule has 6 heteroatoms. The third-order valence-electron chi connectivity index (χ3n) is 5.66. The Balaban J connectivity index is 1.57. The van der Waals surface area contributed by atoms with E-state index in [1.54, 1.807) is 14.2 Å². The van der Waals surface area contributed by atoms with Crippen molar-refractivity contribution in [3.63, 3.8) is 0 Å². The summed E-state index contributed by atoms with van der Waals surface area (Å²) in [5.41, 5.74) is 2.28. The van der Waals surface area contributed by atoms with E-state index < -0.39 is 6.10 Å². The molecule has 3 rings (SSSR count). The van der Waals surface area contributed by atoms with Crippen molar-refractivity contribution >= 4 is 0 Å². The number of likely N-dealkylation sites (tertiary alicyclic amines) is 1. The van der Waals surface area contributed by atoms with Crippen molar-refractivity contribution in [2.24, 2.45) is 0 Å². The van der Waals surface area contributed by atoms with E-state index in [2.05, 4.69) is 29.0 Å². The number of piperidine rings is 1. The third-order valence-corrected chi connectivity index (χ3v) is 5.66. The zero-order valence-electron chi connectivity index (χ0n) is 19.0. The summed E-state index contributed by atoms with van der Waals surface area (Å²) in [6.45, 7) is 4.58. The summed E-state index contributed by atoms with van der Waals surface area (Å²) in [5.74, 6) is 2.25. The molecule has 2 aromatic rings. The van der Waals surface area contributed by atoms with E-state index in [9.17, 15) is 5.11 Å². The number of hydrogen-bond acceptors (Lipinski definition) is 6. The summed E-state index contributed by atoms with van der Waals surface area (Å²) >= 11 is 0. The minimum atomic E-state index is -0.514. The molecule has 0 aromatic heterocycles. The number of β-amino-alcohol motifs (C(OH)–C–C–N with tert-alkyl or cyclic N) is 1. The average molecular weight is 429 g/mol. The van der Waals surface area contributed by atoms with Gasteiger partial charge in [-0.05, 0) is 56.7 Å². The van der Waals surface area contributed by atoms with Crippen molar-refractivity contribution in [2.75, 3.05) is 47.5 Å². The van der Waals surface area contributed by atoms with E-state index in [4.69, 9.17) is 14.2 Å². The van der Waals surface area contributed by atoms with Gasteiger partial charge in [0.1, 0.15) is 18.5 Å². The van der Waals surface area contributed by atoms with Crippen molar-refractivity contribution in [3.8, 4) is 17.2 Å². The van der Waals surface area contributed by atoms with Gasteiger partial charge in [-0.1, -0.05) is 30.7 Å². The first-order valence-corrected chi connectivity index (χ1v) is 11.1. The summed E-state index contributed by atoms with van der Waals surface area (Å²) in [6.07, 6.45) is 3.20. The predicted octanol–water partition coefficient (Wildman–Crippen LogP) is 3.56. The topological polar surface area (TPSA) is 54.4 Å². The first-order chi connectivity index (χ1) is 15.1. The molecule has 2 aromatic carbocycles. The number of rotatable bonds is 11. The lowest BCUT2D eigenvalue weighted by atomic mass is 10.1. The molecule has 1 N–H and O–H groups in total. The van der Waals surface area contributed by atoms with Crippen LogP contribution in [0.25, 0.3) is 0 Å². The van der Waals surface area contributed by atoms with Crippen LogP contribution in [0.2, 0.25) is 0 Å². The van der Waals surface area contributed by atoms with Crippen LogP contribution in [-0.2, 0) is 13.1 Å². The highest BCUT2D eigenvalue weighted by Crippen LogP contribution is 2.29. The fourth-order valence-electron chi connectivity index (χ4n) is 4.10. The smallest absolute Gasteiger partial charge is 0.161 e. The Bertz CT molecular complexity index is 808. The number of benzene rings is 2. The van der Waals surface area contributed by atoms with Gasteiger partial charge in [-0.15, -0.1) is 0 Å². The van der Waals surface area contributed by atoms with Crippen molar-refractivity contribution in [2.45, 2.75) is 38.5 Å². The van der Waals surface area contributed by atoms with Gasteiger partial charge in [0.2, 0.25) is 0 Å². The molecular formula is C25H36N2O4. The molecule has 0 saturated carbocycles. The van der Waals surface area contributed by atoms with Crippen LogP contribution in [0, 0.1) is 0 Å². The molecule has 1 aliphatic rings. The van der Waals surface area contributed by atoms with Gasteiger partial charge in [0.05, 0.1) is 14.2 Å². The molecule has 1 atom stereocenters. The quantitative estimate of drug-likeness (QED) is 0.591. The monoisotopic (exact) mass is 428 g/mol. The van der Waals surface area contributed by atoms with Crippen LogP contribution in [0.3, 0.4) is 0 Å². The van der Waals surface area contributed by atoms with Crippen LogP contribution in [0.4, 0.5) is 0 Å². The van der Waals surface area contributed by atoms with Crippen LogP contribution >= 0.6 is 0 Å². The highest BCUT2D eigenvalue weighted by Gasteiger charge is 2.16. The number of aliphatic hydroxyl groups excluding tert-OH is 1. The van der Waals surface area contributed by atoms with Gasteiger partial charge in [0.25, 0.3) is 0 Å². The predicted molar refractivity (Wildman–Crippen MR) is 123 cm³/mol. The van der Waals surface area contributed by atoms with E-state index in [1.807, 2.05) is 30.3 Å². The number of aliphatic hydroxyl groups is 1. The maximum atomic E-state index is 10.4. The Morgan fingerprint density at radius 1 is 0.935 bits per heavy atom. The maximum absolute atomic E-state index is 10.4. The Hall–Kier alpha value is -2.28. The Kier molecular flexibility index (Phi) is 9.00. The van der Waals surface area contributed by atoms with Crippen LogP contribution < -0.4 is 14.2 Å². The molecule has 31 heavy (non-hydrogen) atoms. The first kappa shape index (κ1) is 23.4. The zero-order chi connectivity index (χ0) is 22.1. The Morgan fingerprint density at radius 3 is 2.42 bits per heavy atom. The first-order valence-electron chi connectivity index (χ1n) is 11.1. The van der Waals surface area contributed by atoms with Gasteiger partial charge in [0.15, 0.2) is 11.5 Å². The Morgan fingerprint density at radius 2 is 1.68 bits per heavy atom. The highest BCUT2D eigenvalue weighted by molar-refractivity contribution is 5.43. The molecule has 0 amide bonds. The van der Waals surface area contributed by atoms with Crippen LogP contribution in [-0.4, -0.2) is 68.5 Å². The molecule has 170 valence electrons. The van der Waals surface area contributed by atoms with E-state index >= 15 is 0 Å². The minimum absolute atomic E-state index is 0.257. The van der Waals surface area contributed by atoms with Crippen LogP contribution in [0.15, 0.2) is 42.5 Å². The van der Waals surface area contributed by atoms with Gasteiger partial charge < -0.3 is 24.2 Å². The molecule has 1 aliphatic heterocycles. The van der Waals surface area contributed by atoms with Crippen molar-refractivity contribution in [3.05, 3.63) is 53.6 Å². The van der Waals surface area contributed by atoms with Crippen LogP contribution in [0.1, 0.15) is 30.4 Å². The van der Waals surface area contributed by atoms with E-state index in [1.165, 1.54) is 19.3 Å². The molecule has 1 fully saturated rings. The number of nitrogens with zero attached hydrogens (tertiary/aromatic N) is 2. The van der Waals surface area contributed by atoms with Crippen molar-refractivity contribution in [1.82, 2.24) is 9.80 Å². The SMILES string of the molecule is COc1ccccc1CN(C)Cc1ccc(OC)c(OC[C@H](O)CN2CCCCC2)c1. The van der Waals surface area contributed by atoms with Gasteiger partial charge in [0, 0.05) is 25.2 Å². The van der Waals surface area contributed by atoms with Crippen molar-refractivity contribution < 1.29 is 19.3 Å². The summed E-state index contributed by atoms with van der Waals surface area (Å²) in [7, 11) is 5.42. The van der Waals surface area contributed by atoms with Crippen LogP contribution in [0.5, 0.6) is 17.2 Å². The highest BCUT2D eigenvalue weighted by atomic mass is 16.5. The summed E-state index contributed by atoms with van der Waals surface area (Å²) < 4.78 is 16.9. The molecule has 0 unspecified atom stereocenters. The number of hydrogen-bond donors (Lipinski definition) is 1. The molecule has 1 saturated heterocycles. The fourth-order valence-corrected chi connectivity index (χ4v) is 4.10. The third kappa shape index (κ3) is 7.13. The van der Waals surface area contributed by atoms with Gasteiger partial charge >= 0.3 is 0 Å². The van der Waals surface area contributed by atoms with E-state index in [0.29, 0.717) is 18.0 Å². The Labute approximate surface area is 186 Å². The molecule has 0 spiro atoms. The largest absolute Gasteiger partial charge is 0.496 e.